The molecule has 1 amide bonds. The molecule has 0 aliphatic rings. The van der Waals surface area contributed by atoms with Crippen molar-refractivity contribution in [3.63, 3.8) is 0 Å². The number of rotatable bonds is 4. The van der Waals surface area contributed by atoms with Gasteiger partial charge in [-0.25, -0.2) is 0 Å². The highest BCUT2D eigenvalue weighted by Gasteiger charge is 2.04. The van der Waals surface area contributed by atoms with Gasteiger partial charge in [-0.15, -0.1) is 0 Å². The molecule has 0 saturated heterocycles. The number of quaternary nitrogens is 1. The molecule has 0 atom stereocenters. The van der Waals surface area contributed by atoms with Crippen molar-refractivity contribution in [1.82, 2.24) is 16.2 Å². The second kappa shape index (κ2) is 7.62. The predicted molar refractivity (Wildman–Crippen MR) is 75.3 cm³/mol. The molecule has 0 radical (unpaired) electrons. The van der Waals surface area contributed by atoms with Gasteiger partial charge in [-0.05, 0) is 24.4 Å². The van der Waals surface area contributed by atoms with E-state index in [4.69, 9.17) is 12.2 Å². The van der Waals surface area contributed by atoms with Crippen LogP contribution in [0.25, 0.3) is 0 Å². The van der Waals surface area contributed by atoms with Gasteiger partial charge >= 0.3 is 0 Å². The summed E-state index contributed by atoms with van der Waals surface area (Å²) in [6, 6.07) is 8.96. The van der Waals surface area contributed by atoms with Crippen molar-refractivity contribution in [3.05, 3.63) is 35.9 Å². The highest BCUT2D eigenvalue weighted by Crippen LogP contribution is 1.96. The second-order valence-corrected chi connectivity index (χ2v) is 4.57. The molecule has 0 aliphatic heterocycles. The number of carbonyl (C=O) groups is 1. The minimum Gasteiger partial charge on any atom is -0.356 e. The summed E-state index contributed by atoms with van der Waals surface area (Å²) in [7, 11) is 4.13. The monoisotopic (exact) mass is 267 g/mol. The molecule has 0 fully saturated rings. The standard InChI is InChI=1S/C12H18N4OS/c1-16(2)9-8-13-12(18)15-14-11(17)10-6-4-3-5-7-10/h3-7H,8-9H2,1-2H3,(H,14,17)(H2,13,15,18)/p+1. The molecule has 1 aromatic rings. The molecule has 6 heteroatoms. The number of hydrogen-bond acceptors (Lipinski definition) is 2. The fraction of sp³-hybridized carbons (Fsp3) is 0.333. The van der Waals surface area contributed by atoms with Gasteiger partial charge in [-0.1, -0.05) is 18.2 Å². The lowest BCUT2D eigenvalue weighted by molar-refractivity contribution is -0.856. The van der Waals surface area contributed by atoms with Crippen LogP contribution in [0, 0.1) is 0 Å². The summed E-state index contributed by atoms with van der Waals surface area (Å²) in [6.45, 7) is 1.71. The maximum absolute atomic E-state index is 11.7. The van der Waals surface area contributed by atoms with Gasteiger partial charge in [0, 0.05) is 5.56 Å². The maximum atomic E-state index is 11.7. The molecule has 0 unspecified atom stereocenters. The van der Waals surface area contributed by atoms with E-state index in [1.807, 2.05) is 18.2 Å². The van der Waals surface area contributed by atoms with Gasteiger partial charge in [0.1, 0.15) is 0 Å². The lowest BCUT2D eigenvalue weighted by Gasteiger charge is -2.12. The van der Waals surface area contributed by atoms with E-state index in [9.17, 15) is 4.79 Å². The summed E-state index contributed by atoms with van der Waals surface area (Å²) in [4.78, 5) is 13.0. The Morgan fingerprint density at radius 3 is 2.50 bits per heavy atom. The van der Waals surface area contributed by atoms with Crippen molar-refractivity contribution in [2.75, 3.05) is 27.2 Å². The Balaban J connectivity index is 2.24. The van der Waals surface area contributed by atoms with Crippen molar-refractivity contribution in [1.29, 1.82) is 0 Å². The smallest absolute Gasteiger partial charge is 0.269 e. The fourth-order valence-electron chi connectivity index (χ4n) is 1.25. The third-order valence-corrected chi connectivity index (χ3v) is 2.48. The molecule has 0 saturated carbocycles. The van der Waals surface area contributed by atoms with Gasteiger partial charge in [-0.2, -0.15) is 0 Å². The number of nitrogens with one attached hydrogen (secondary N) is 4. The Morgan fingerprint density at radius 1 is 1.22 bits per heavy atom. The molecular weight excluding hydrogens is 248 g/mol. The van der Waals surface area contributed by atoms with E-state index in [1.54, 1.807) is 12.1 Å². The molecule has 4 N–H and O–H groups in total. The number of hydrogen-bond donors (Lipinski definition) is 4. The van der Waals surface area contributed by atoms with Crippen LogP contribution < -0.4 is 21.1 Å². The Kier molecular flexibility index (Phi) is 6.10. The molecule has 18 heavy (non-hydrogen) atoms. The van der Waals surface area contributed by atoms with E-state index in [-0.39, 0.29) is 5.91 Å². The second-order valence-electron chi connectivity index (χ2n) is 4.16. The molecule has 98 valence electrons. The number of hydrazine groups is 1. The highest BCUT2D eigenvalue weighted by atomic mass is 32.1. The number of carbonyl (C=O) groups excluding carboxylic acids is 1. The number of benzene rings is 1. The molecule has 1 aromatic carbocycles. The maximum Gasteiger partial charge on any atom is 0.269 e. The molecule has 0 spiro atoms. The van der Waals surface area contributed by atoms with Crippen molar-refractivity contribution < 1.29 is 9.69 Å². The number of thiocarbonyl (C=S) groups is 1. The molecule has 0 aliphatic carbocycles. The van der Waals surface area contributed by atoms with E-state index < -0.39 is 0 Å². The first-order valence-corrected chi connectivity index (χ1v) is 6.18. The lowest BCUT2D eigenvalue weighted by Crippen LogP contribution is -3.06. The van der Waals surface area contributed by atoms with Gasteiger partial charge in [0.05, 0.1) is 27.2 Å². The Morgan fingerprint density at radius 2 is 1.89 bits per heavy atom. The van der Waals surface area contributed by atoms with Crippen molar-refractivity contribution in [2.45, 2.75) is 0 Å². The molecule has 0 bridgehead atoms. The average molecular weight is 267 g/mol. The van der Waals surface area contributed by atoms with Crippen LogP contribution in [0.3, 0.4) is 0 Å². The summed E-state index contributed by atoms with van der Waals surface area (Å²) in [5.41, 5.74) is 5.79. The zero-order valence-electron chi connectivity index (χ0n) is 10.6. The summed E-state index contributed by atoms with van der Waals surface area (Å²) in [6.07, 6.45) is 0. The van der Waals surface area contributed by atoms with E-state index in [1.165, 1.54) is 4.90 Å². The SMILES string of the molecule is C[NH+](C)CCNC(=S)NNC(=O)c1ccccc1. The van der Waals surface area contributed by atoms with Crippen molar-refractivity contribution >= 4 is 23.2 Å². The summed E-state index contributed by atoms with van der Waals surface area (Å²) < 4.78 is 0. The van der Waals surface area contributed by atoms with Gasteiger partial charge in [0.2, 0.25) is 0 Å². The Labute approximate surface area is 113 Å². The molecule has 0 heterocycles. The molecule has 1 rings (SSSR count). The normalized spacial score (nSPS) is 9.94. The largest absolute Gasteiger partial charge is 0.356 e. The third kappa shape index (κ3) is 5.60. The quantitative estimate of drug-likeness (QED) is 0.415. The van der Waals surface area contributed by atoms with Crippen LogP contribution in [0.4, 0.5) is 0 Å². The first-order chi connectivity index (χ1) is 8.59. The topological polar surface area (TPSA) is 57.6 Å². The summed E-state index contributed by atoms with van der Waals surface area (Å²) >= 11 is 5.03. The zero-order chi connectivity index (χ0) is 13.4. The summed E-state index contributed by atoms with van der Waals surface area (Å²) in [5, 5.41) is 3.42. The third-order valence-electron chi connectivity index (χ3n) is 2.24. The van der Waals surface area contributed by atoms with Crippen molar-refractivity contribution in [3.8, 4) is 0 Å². The lowest BCUT2D eigenvalue weighted by atomic mass is 10.2. The predicted octanol–water partition coefficient (Wildman–Crippen LogP) is -1.06. The molecular formula is C12H19N4OS+. The van der Waals surface area contributed by atoms with Crippen LogP contribution in [0.2, 0.25) is 0 Å². The van der Waals surface area contributed by atoms with Gasteiger partial charge in [0.25, 0.3) is 5.91 Å². The zero-order valence-corrected chi connectivity index (χ0v) is 11.4. The first-order valence-electron chi connectivity index (χ1n) is 5.78. The van der Waals surface area contributed by atoms with Crippen LogP contribution in [0.5, 0.6) is 0 Å². The van der Waals surface area contributed by atoms with E-state index in [0.29, 0.717) is 10.7 Å². The van der Waals surface area contributed by atoms with Crippen LogP contribution >= 0.6 is 12.2 Å². The minimum atomic E-state index is -0.210. The van der Waals surface area contributed by atoms with Gasteiger partial charge in [0.15, 0.2) is 5.11 Å². The highest BCUT2D eigenvalue weighted by molar-refractivity contribution is 7.80. The van der Waals surface area contributed by atoms with Crippen LogP contribution in [0.15, 0.2) is 30.3 Å². The first kappa shape index (κ1) is 14.4. The van der Waals surface area contributed by atoms with Gasteiger partial charge < -0.3 is 10.2 Å². The molecule has 5 nitrogen and oxygen atoms in total. The van der Waals surface area contributed by atoms with E-state index >= 15 is 0 Å². The van der Waals surface area contributed by atoms with Crippen LogP contribution in [0.1, 0.15) is 10.4 Å². The van der Waals surface area contributed by atoms with E-state index in [2.05, 4.69) is 30.3 Å². The van der Waals surface area contributed by atoms with E-state index in [0.717, 1.165) is 13.1 Å². The fourth-order valence-corrected chi connectivity index (χ4v) is 1.40. The summed E-state index contributed by atoms with van der Waals surface area (Å²) in [5.74, 6) is -0.210. The van der Waals surface area contributed by atoms with Crippen LogP contribution in [-0.2, 0) is 0 Å². The number of amides is 1. The minimum absolute atomic E-state index is 0.210. The Bertz CT molecular complexity index is 394. The van der Waals surface area contributed by atoms with Crippen LogP contribution in [-0.4, -0.2) is 38.2 Å². The Hall–Kier alpha value is -1.66. The average Bonchev–Trinajstić information content (AvgIpc) is 2.36. The van der Waals surface area contributed by atoms with Gasteiger partial charge in [-0.3, -0.25) is 15.6 Å². The molecule has 0 aromatic heterocycles. The van der Waals surface area contributed by atoms with Crippen molar-refractivity contribution in [2.24, 2.45) is 0 Å². The number of likely N-dealkylation sites (N-methyl/N-ethyl adjacent to an activating group) is 1.